The van der Waals surface area contributed by atoms with Crippen LogP contribution in [-0.2, 0) is 22.4 Å². The van der Waals surface area contributed by atoms with Gasteiger partial charge in [0.15, 0.2) is 0 Å². The van der Waals surface area contributed by atoms with Gasteiger partial charge in [0, 0.05) is 6.54 Å². The number of aliphatic hydroxyl groups excluding tert-OH is 1. The van der Waals surface area contributed by atoms with Gasteiger partial charge in [-0.2, -0.15) is 0 Å². The number of carboxylic acids is 2. The van der Waals surface area contributed by atoms with E-state index in [1.807, 2.05) is 6.07 Å². The second-order valence-corrected chi connectivity index (χ2v) is 6.87. The van der Waals surface area contributed by atoms with Crippen molar-refractivity contribution in [2.24, 2.45) is 5.73 Å². The molecule has 0 aromatic heterocycles. The summed E-state index contributed by atoms with van der Waals surface area (Å²) in [7, 11) is 0. The summed E-state index contributed by atoms with van der Waals surface area (Å²) in [6.45, 7) is 2.50. The topological polar surface area (TPSA) is 121 Å². The van der Waals surface area contributed by atoms with Crippen molar-refractivity contribution in [3.63, 3.8) is 0 Å². The van der Waals surface area contributed by atoms with Crippen molar-refractivity contribution < 1.29 is 24.9 Å². The fraction of sp³-hybridized carbons (Fsp3) is 0.391. The van der Waals surface area contributed by atoms with Crippen molar-refractivity contribution in [2.75, 3.05) is 6.54 Å². The van der Waals surface area contributed by atoms with Gasteiger partial charge in [-0.15, -0.1) is 0 Å². The van der Waals surface area contributed by atoms with Crippen LogP contribution in [0.3, 0.4) is 0 Å². The fourth-order valence-corrected chi connectivity index (χ4v) is 2.99. The number of unbranched alkanes of at least 4 members (excludes halogenated alkanes) is 3. The molecule has 0 spiro atoms. The highest BCUT2D eigenvalue weighted by Gasteiger charge is 2.12. The van der Waals surface area contributed by atoms with Gasteiger partial charge in [-0.25, -0.2) is 9.59 Å². The van der Waals surface area contributed by atoms with Crippen LogP contribution in [0, 0.1) is 0 Å². The van der Waals surface area contributed by atoms with Gasteiger partial charge in [-0.1, -0.05) is 74.7 Å². The average molecular weight is 402 g/mol. The van der Waals surface area contributed by atoms with E-state index in [2.05, 4.69) is 49.4 Å². The van der Waals surface area contributed by atoms with Gasteiger partial charge in [0.05, 0.1) is 6.10 Å². The Morgan fingerprint density at radius 1 is 0.931 bits per heavy atom. The van der Waals surface area contributed by atoms with Crippen molar-refractivity contribution in [2.45, 2.75) is 51.6 Å². The summed E-state index contributed by atoms with van der Waals surface area (Å²) >= 11 is 0. The monoisotopic (exact) mass is 401 g/mol. The average Bonchev–Trinajstić information content (AvgIpc) is 2.72. The second kappa shape index (κ2) is 13.5. The van der Waals surface area contributed by atoms with Crippen LogP contribution >= 0.6 is 0 Å². The minimum absolute atomic E-state index is 0.262. The number of aliphatic hydroxyl groups is 1. The number of benzene rings is 2. The number of hydrogen-bond donors (Lipinski definition) is 4. The van der Waals surface area contributed by atoms with Gasteiger partial charge in [-0.3, -0.25) is 0 Å². The highest BCUT2D eigenvalue weighted by atomic mass is 16.4. The lowest BCUT2D eigenvalue weighted by Crippen LogP contribution is -2.14. The van der Waals surface area contributed by atoms with E-state index in [1.165, 1.54) is 42.4 Å². The summed E-state index contributed by atoms with van der Waals surface area (Å²) < 4.78 is 0. The first-order valence-corrected chi connectivity index (χ1v) is 9.89. The van der Waals surface area contributed by atoms with Crippen LogP contribution in [-0.4, -0.2) is 33.8 Å². The molecule has 0 heterocycles. The first-order valence-electron chi connectivity index (χ1n) is 9.89. The zero-order valence-corrected chi connectivity index (χ0v) is 16.9. The summed E-state index contributed by atoms with van der Waals surface area (Å²) in [6.07, 6.45) is 6.47. The minimum atomic E-state index is -1.82. The Hall–Kier alpha value is -2.70. The van der Waals surface area contributed by atoms with Gasteiger partial charge in [0.1, 0.15) is 0 Å². The Kier molecular flexibility index (Phi) is 11.3. The Morgan fingerprint density at radius 3 is 2.14 bits per heavy atom. The lowest BCUT2D eigenvalue weighted by Gasteiger charge is -2.16. The van der Waals surface area contributed by atoms with E-state index in [0.29, 0.717) is 0 Å². The second-order valence-electron chi connectivity index (χ2n) is 6.87. The van der Waals surface area contributed by atoms with Crippen LogP contribution < -0.4 is 5.73 Å². The Labute approximate surface area is 172 Å². The molecule has 2 aromatic carbocycles. The first kappa shape index (κ1) is 24.3. The van der Waals surface area contributed by atoms with Crippen molar-refractivity contribution >= 4 is 11.9 Å². The van der Waals surface area contributed by atoms with Crippen LogP contribution in [0.25, 0.3) is 0 Å². The van der Waals surface area contributed by atoms with Gasteiger partial charge in [-0.05, 0) is 41.5 Å². The molecule has 0 bridgehead atoms. The minimum Gasteiger partial charge on any atom is -0.473 e. The van der Waals surface area contributed by atoms with E-state index in [-0.39, 0.29) is 6.54 Å². The van der Waals surface area contributed by atoms with Crippen molar-refractivity contribution in [3.8, 4) is 0 Å². The molecule has 0 amide bonds. The highest BCUT2D eigenvalue weighted by molar-refractivity contribution is 6.27. The normalized spacial score (nSPS) is 11.3. The standard InChI is InChI=1S/C21H29NO.C2H2O4/c1-2-3-4-6-11-18-12-13-20(21(23)16-22)19(15-18)14-17-9-7-5-8-10-17;3-1(4)2(5)6/h5,7-10,12-13,15,21,23H,2-4,6,11,14,16,22H2,1H3;(H,3,4)(H,5,6). The third-order valence-electron chi connectivity index (χ3n) is 4.53. The molecule has 0 aliphatic heterocycles. The molecular formula is C23H31NO5. The van der Waals surface area contributed by atoms with Crippen LogP contribution in [0.5, 0.6) is 0 Å². The zero-order valence-electron chi connectivity index (χ0n) is 16.9. The summed E-state index contributed by atoms with van der Waals surface area (Å²) in [4.78, 5) is 18.2. The van der Waals surface area contributed by atoms with Crippen molar-refractivity contribution in [3.05, 3.63) is 70.8 Å². The molecule has 158 valence electrons. The molecule has 1 atom stereocenters. The lowest BCUT2D eigenvalue weighted by molar-refractivity contribution is -0.159. The van der Waals surface area contributed by atoms with Crippen LogP contribution in [0.1, 0.15) is 61.0 Å². The summed E-state index contributed by atoms with van der Waals surface area (Å²) in [5, 5.41) is 25.0. The molecule has 2 rings (SSSR count). The van der Waals surface area contributed by atoms with E-state index in [0.717, 1.165) is 18.4 Å². The van der Waals surface area contributed by atoms with E-state index in [9.17, 15) is 5.11 Å². The molecule has 2 aromatic rings. The van der Waals surface area contributed by atoms with Gasteiger partial charge < -0.3 is 21.1 Å². The predicted octanol–water partition coefficient (Wildman–Crippen LogP) is 3.55. The van der Waals surface area contributed by atoms with Crippen LogP contribution in [0.4, 0.5) is 0 Å². The number of hydrogen-bond acceptors (Lipinski definition) is 4. The summed E-state index contributed by atoms with van der Waals surface area (Å²) in [5.74, 6) is -3.65. The van der Waals surface area contributed by atoms with Crippen molar-refractivity contribution in [1.29, 1.82) is 0 Å². The Morgan fingerprint density at radius 2 is 1.59 bits per heavy atom. The largest absolute Gasteiger partial charge is 0.473 e. The zero-order chi connectivity index (χ0) is 21.6. The van der Waals surface area contributed by atoms with E-state index < -0.39 is 18.0 Å². The molecular weight excluding hydrogens is 370 g/mol. The van der Waals surface area contributed by atoms with Crippen LogP contribution in [0.2, 0.25) is 0 Å². The molecule has 0 aliphatic carbocycles. The number of carboxylic acid groups (broad SMARTS) is 2. The van der Waals surface area contributed by atoms with E-state index in [1.54, 1.807) is 0 Å². The summed E-state index contributed by atoms with van der Waals surface area (Å²) in [6, 6.07) is 16.9. The number of aryl methyl sites for hydroxylation is 1. The fourth-order valence-electron chi connectivity index (χ4n) is 2.99. The highest BCUT2D eigenvalue weighted by Crippen LogP contribution is 2.23. The quantitative estimate of drug-likeness (QED) is 0.377. The molecule has 0 saturated carbocycles. The smallest absolute Gasteiger partial charge is 0.414 e. The first-order chi connectivity index (χ1) is 13.9. The third kappa shape index (κ3) is 9.36. The SMILES string of the molecule is CCCCCCc1ccc(C(O)CN)c(Cc2ccccc2)c1.O=C(O)C(=O)O. The number of rotatable bonds is 9. The number of nitrogens with two attached hydrogens (primary N) is 1. The van der Waals surface area contributed by atoms with E-state index >= 15 is 0 Å². The molecule has 0 radical (unpaired) electrons. The maximum atomic E-state index is 10.2. The number of aliphatic carboxylic acids is 2. The third-order valence-corrected chi connectivity index (χ3v) is 4.53. The molecule has 1 unspecified atom stereocenters. The molecule has 29 heavy (non-hydrogen) atoms. The maximum Gasteiger partial charge on any atom is 0.414 e. The van der Waals surface area contributed by atoms with Gasteiger partial charge in [0.25, 0.3) is 0 Å². The lowest BCUT2D eigenvalue weighted by atomic mass is 9.93. The molecule has 6 nitrogen and oxygen atoms in total. The van der Waals surface area contributed by atoms with E-state index in [4.69, 9.17) is 25.5 Å². The molecule has 0 fully saturated rings. The maximum absolute atomic E-state index is 10.2. The Bertz CT molecular complexity index is 749. The van der Waals surface area contributed by atoms with Gasteiger partial charge >= 0.3 is 11.9 Å². The molecule has 6 heteroatoms. The van der Waals surface area contributed by atoms with Crippen molar-refractivity contribution in [1.82, 2.24) is 0 Å². The molecule has 0 aliphatic rings. The Balaban J connectivity index is 0.000000612. The predicted molar refractivity (Wildman–Crippen MR) is 113 cm³/mol. The molecule has 0 saturated heterocycles. The number of carbonyl (C=O) groups is 2. The molecule has 5 N–H and O–H groups in total. The van der Waals surface area contributed by atoms with Gasteiger partial charge in [0.2, 0.25) is 0 Å². The van der Waals surface area contributed by atoms with Crippen LogP contribution in [0.15, 0.2) is 48.5 Å². The summed E-state index contributed by atoms with van der Waals surface area (Å²) in [5.41, 5.74) is 10.5.